The van der Waals surface area contributed by atoms with Crippen LogP contribution >= 0.6 is 27.5 Å². The van der Waals surface area contributed by atoms with Crippen molar-refractivity contribution < 1.29 is 19.0 Å². The van der Waals surface area contributed by atoms with Gasteiger partial charge in [-0.05, 0) is 63.6 Å². The SMILES string of the molecule is CCOc1cc(C=Nn2c(C)nc3ccc(Br)cc3c2=O)cc(Cl)c1OCC(=O)OC(C)C. The first-order valence-corrected chi connectivity index (χ1v) is 11.4. The Morgan fingerprint density at radius 3 is 2.73 bits per heavy atom. The number of rotatable bonds is 8. The van der Waals surface area contributed by atoms with Crippen molar-refractivity contribution in [1.82, 2.24) is 9.66 Å². The third kappa shape index (κ3) is 6.11. The first kappa shape index (κ1) is 24.7. The van der Waals surface area contributed by atoms with E-state index in [2.05, 4.69) is 26.0 Å². The normalized spacial score (nSPS) is 11.4. The molecule has 0 aliphatic rings. The first-order chi connectivity index (χ1) is 15.7. The van der Waals surface area contributed by atoms with Crippen LogP contribution < -0.4 is 15.0 Å². The molecule has 0 unspecified atom stereocenters. The van der Waals surface area contributed by atoms with Gasteiger partial charge in [0.15, 0.2) is 18.1 Å². The molecular formula is C23H23BrClN3O5. The zero-order chi connectivity index (χ0) is 24.1. The van der Waals surface area contributed by atoms with Crippen LogP contribution in [0.15, 0.2) is 44.7 Å². The minimum absolute atomic E-state index is 0.224. The Morgan fingerprint density at radius 1 is 1.27 bits per heavy atom. The summed E-state index contributed by atoms with van der Waals surface area (Å²) in [5.74, 6) is 0.487. The highest BCUT2D eigenvalue weighted by Gasteiger charge is 2.15. The predicted octanol–water partition coefficient (Wildman–Crippen LogP) is 4.73. The number of esters is 1. The topological polar surface area (TPSA) is 92.0 Å². The third-order valence-electron chi connectivity index (χ3n) is 4.33. The summed E-state index contributed by atoms with van der Waals surface area (Å²) in [5.41, 5.74) is 0.863. The van der Waals surface area contributed by atoms with Gasteiger partial charge in [0.05, 0.1) is 34.9 Å². The van der Waals surface area contributed by atoms with Crippen LogP contribution in [0.5, 0.6) is 11.5 Å². The summed E-state index contributed by atoms with van der Waals surface area (Å²) < 4.78 is 18.2. The van der Waals surface area contributed by atoms with E-state index in [-0.39, 0.29) is 29.0 Å². The molecule has 0 saturated carbocycles. The number of ether oxygens (including phenoxy) is 3. The van der Waals surface area contributed by atoms with E-state index in [0.29, 0.717) is 34.6 Å². The van der Waals surface area contributed by atoms with Gasteiger partial charge < -0.3 is 14.2 Å². The van der Waals surface area contributed by atoms with Gasteiger partial charge in [-0.15, -0.1) is 0 Å². The molecule has 0 aliphatic heterocycles. The van der Waals surface area contributed by atoms with E-state index >= 15 is 0 Å². The molecule has 0 atom stereocenters. The predicted molar refractivity (Wildman–Crippen MR) is 131 cm³/mol. The number of aryl methyl sites for hydroxylation is 1. The molecule has 1 heterocycles. The largest absolute Gasteiger partial charge is 0.490 e. The minimum atomic E-state index is -0.514. The van der Waals surface area contributed by atoms with Crippen molar-refractivity contribution in [3.8, 4) is 11.5 Å². The van der Waals surface area contributed by atoms with Gasteiger partial charge in [0.1, 0.15) is 5.82 Å². The zero-order valence-electron chi connectivity index (χ0n) is 18.6. The van der Waals surface area contributed by atoms with E-state index in [1.165, 1.54) is 10.9 Å². The van der Waals surface area contributed by atoms with E-state index in [1.54, 1.807) is 45.0 Å². The molecule has 10 heteroatoms. The highest BCUT2D eigenvalue weighted by atomic mass is 79.9. The molecule has 33 heavy (non-hydrogen) atoms. The first-order valence-electron chi connectivity index (χ1n) is 10.2. The molecule has 0 aliphatic carbocycles. The molecule has 0 fully saturated rings. The molecule has 3 aromatic rings. The summed E-state index contributed by atoms with van der Waals surface area (Å²) in [6, 6.07) is 8.56. The molecule has 0 saturated heterocycles. The number of nitrogens with zero attached hydrogens (tertiary/aromatic N) is 3. The second-order valence-electron chi connectivity index (χ2n) is 7.27. The van der Waals surface area contributed by atoms with E-state index in [1.807, 2.05) is 13.0 Å². The van der Waals surface area contributed by atoms with E-state index < -0.39 is 5.97 Å². The number of aromatic nitrogens is 2. The van der Waals surface area contributed by atoms with Crippen LogP contribution in [0.25, 0.3) is 10.9 Å². The number of hydrogen-bond acceptors (Lipinski definition) is 7. The minimum Gasteiger partial charge on any atom is -0.490 e. The fraction of sp³-hybridized carbons (Fsp3) is 0.304. The van der Waals surface area contributed by atoms with Gasteiger partial charge in [0.25, 0.3) is 5.56 Å². The molecule has 3 rings (SSSR count). The van der Waals surface area contributed by atoms with Crippen molar-refractivity contribution in [2.24, 2.45) is 5.10 Å². The monoisotopic (exact) mass is 535 g/mol. The quantitative estimate of drug-likeness (QED) is 0.305. The number of carbonyl (C=O) groups excluding carboxylic acids is 1. The van der Waals surface area contributed by atoms with Crippen LogP contribution in [0.1, 0.15) is 32.2 Å². The van der Waals surface area contributed by atoms with Gasteiger partial charge in [0.2, 0.25) is 0 Å². The lowest BCUT2D eigenvalue weighted by atomic mass is 10.2. The van der Waals surface area contributed by atoms with E-state index in [9.17, 15) is 9.59 Å². The molecule has 8 nitrogen and oxygen atoms in total. The van der Waals surface area contributed by atoms with Crippen LogP contribution in [0.3, 0.4) is 0 Å². The Bertz CT molecular complexity index is 1270. The van der Waals surface area contributed by atoms with Gasteiger partial charge in [-0.3, -0.25) is 4.79 Å². The van der Waals surface area contributed by atoms with E-state index in [4.69, 9.17) is 25.8 Å². The Hall–Kier alpha value is -2.91. The summed E-state index contributed by atoms with van der Waals surface area (Å²) in [5, 5.41) is 4.97. The molecule has 174 valence electrons. The Labute approximate surface area is 204 Å². The maximum Gasteiger partial charge on any atom is 0.344 e. The van der Waals surface area contributed by atoms with Gasteiger partial charge >= 0.3 is 5.97 Å². The van der Waals surface area contributed by atoms with Crippen LogP contribution in [0.4, 0.5) is 0 Å². The number of carbonyl (C=O) groups is 1. The number of halogens is 2. The van der Waals surface area contributed by atoms with Crippen molar-refractivity contribution >= 4 is 50.6 Å². The lowest BCUT2D eigenvalue weighted by molar-refractivity contribution is -0.149. The summed E-state index contributed by atoms with van der Waals surface area (Å²) in [4.78, 5) is 29.2. The van der Waals surface area contributed by atoms with Crippen molar-refractivity contribution in [2.45, 2.75) is 33.8 Å². The number of fused-ring (bicyclic) bond motifs is 1. The van der Waals surface area contributed by atoms with Crippen molar-refractivity contribution in [1.29, 1.82) is 0 Å². The second kappa shape index (κ2) is 10.8. The van der Waals surface area contributed by atoms with Crippen LogP contribution in [0.2, 0.25) is 5.02 Å². The average molecular weight is 537 g/mol. The van der Waals surface area contributed by atoms with Crippen LogP contribution in [0, 0.1) is 6.92 Å². The zero-order valence-corrected chi connectivity index (χ0v) is 20.9. The summed E-state index contributed by atoms with van der Waals surface area (Å²) in [6.45, 7) is 7.06. The average Bonchev–Trinajstić information content (AvgIpc) is 2.73. The number of hydrogen-bond donors (Lipinski definition) is 0. The van der Waals surface area contributed by atoms with Gasteiger partial charge in [0, 0.05) is 4.47 Å². The molecule has 0 spiro atoms. The third-order valence-corrected chi connectivity index (χ3v) is 5.10. The summed E-state index contributed by atoms with van der Waals surface area (Å²) in [7, 11) is 0. The molecule has 1 aromatic heterocycles. The van der Waals surface area contributed by atoms with Crippen molar-refractivity contribution in [3.63, 3.8) is 0 Å². The highest BCUT2D eigenvalue weighted by Crippen LogP contribution is 2.36. The fourth-order valence-electron chi connectivity index (χ4n) is 3.01. The van der Waals surface area contributed by atoms with Gasteiger partial charge in [-0.25, -0.2) is 9.78 Å². The van der Waals surface area contributed by atoms with Crippen LogP contribution in [-0.4, -0.2) is 41.2 Å². The Balaban J connectivity index is 1.93. The summed E-state index contributed by atoms with van der Waals surface area (Å²) in [6.07, 6.45) is 1.23. The van der Waals surface area contributed by atoms with Crippen molar-refractivity contribution in [2.75, 3.05) is 13.2 Å². The van der Waals surface area contributed by atoms with E-state index in [0.717, 1.165) is 4.47 Å². The maximum atomic E-state index is 12.9. The molecule has 0 amide bonds. The highest BCUT2D eigenvalue weighted by molar-refractivity contribution is 9.10. The standard InChI is InChI=1S/C23H23BrClN3O5/c1-5-31-20-9-15(8-18(25)22(20)32-12-21(29)33-13(2)3)11-26-28-14(4)27-19-7-6-16(24)10-17(19)23(28)30/h6-11,13H,5,12H2,1-4H3. The van der Waals surface area contributed by atoms with Gasteiger partial charge in [-0.2, -0.15) is 9.78 Å². The fourth-order valence-corrected chi connectivity index (χ4v) is 3.65. The molecule has 0 N–H and O–H groups in total. The Kier molecular flexibility index (Phi) is 8.10. The molecular weight excluding hydrogens is 514 g/mol. The molecule has 0 bridgehead atoms. The maximum absolute atomic E-state index is 12.9. The number of benzene rings is 2. The Morgan fingerprint density at radius 2 is 2.03 bits per heavy atom. The van der Waals surface area contributed by atoms with Gasteiger partial charge in [-0.1, -0.05) is 27.5 Å². The molecule has 2 aromatic carbocycles. The van der Waals surface area contributed by atoms with Crippen molar-refractivity contribution in [3.05, 3.63) is 61.6 Å². The second-order valence-corrected chi connectivity index (χ2v) is 8.60. The lowest BCUT2D eigenvalue weighted by Crippen LogP contribution is -2.20. The molecule has 0 radical (unpaired) electrons. The van der Waals surface area contributed by atoms with Crippen LogP contribution in [-0.2, 0) is 9.53 Å². The summed E-state index contributed by atoms with van der Waals surface area (Å²) >= 11 is 9.77. The smallest absolute Gasteiger partial charge is 0.344 e. The lowest BCUT2D eigenvalue weighted by Gasteiger charge is -2.15.